The first-order valence-corrected chi connectivity index (χ1v) is 9.33. The van der Waals surface area contributed by atoms with E-state index in [-0.39, 0.29) is 5.75 Å². The third-order valence-corrected chi connectivity index (χ3v) is 5.01. The number of hydrogen-bond acceptors (Lipinski definition) is 5. The molecule has 1 atom stereocenters. The number of para-hydroxylation sites is 3. The number of methoxy groups -OCH3 is 2. The molecule has 3 aromatic rings. The van der Waals surface area contributed by atoms with Gasteiger partial charge in [0.15, 0.2) is 0 Å². The Morgan fingerprint density at radius 3 is 1.83 bits per heavy atom. The number of rotatable bonds is 7. The summed E-state index contributed by atoms with van der Waals surface area (Å²) in [5.74, 6) is 1.22. The van der Waals surface area contributed by atoms with Crippen LogP contribution in [0.3, 0.4) is 0 Å². The molecule has 0 aliphatic rings. The maximum Gasteiger partial charge on any atom is 0.144 e. The number of hydrogen-bond donors (Lipinski definition) is 2. The van der Waals surface area contributed by atoms with Crippen molar-refractivity contribution in [3.8, 4) is 17.2 Å². The van der Waals surface area contributed by atoms with Crippen LogP contribution in [0.15, 0.2) is 77.8 Å². The van der Waals surface area contributed by atoms with Crippen molar-refractivity contribution < 1.29 is 19.7 Å². The zero-order chi connectivity index (χ0) is 20.9. The molecule has 2 N–H and O–H groups in total. The van der Waals surface area contributed by atoms with Gasteiger partial charge in [-0.1, -0.05) is 48.5 Å². The number of benzene rings is 3. The number of aliphatic imine (C=N–C) groups is 1. The van der Waals surface area contributed by atoms with Crippen LogP contribution in [0, 0.1) is 0 Å². The summed E-state index contributed by atoms with van der Waals surface area (Å²) in [4.78, 5) is 4.58. The van der Waals surface area contributed by atoms with Crippen LogP contribution in [-0.4, -0.2) is 36.7 Å². The number of nitrogens with zero attached hydrogens (tertiary/aromatic N) is 1. The number of ether oxygens (including phenoxy) is 2. The Hall–Kier alpha value is -3.31. The molecule has 150 valence electrons. The summed E-state index contributed by atoms with van der Waals surface area (Å²) in [5, 5.41) is 22.1. The van der Waals surface area contributed by atoms with E-state index in [2.05, 4.69) is 4.99 Å². The molecule has 0 saturated heterocycles. The standard InChI is InChI=1S/C24H25NO4/c1-17(25-16-18-10-4-7-13-21(18)26)24(27,19-11-5-8-14-22(19)28-2)20-12-6-9-15-23(20)29-3/h4-17,26-27H,1-3H3/t17-/m1/s1. The smallest absolute Gasteiger partial charge is 0.144 e. The van der Waals surface area contributed by atoms with Crippen LogP contribution in [0.2, 0.25) is 0 Å². The number of aromatic hydroxyl groups is 1. The van der Waals surface area contributed by atoms with Crippen molar-refractivity contribution in [2.45, 2.75) is 18.6 Å². The number of aliphatic hydroxyl groups is 1. The lowest BCUT2D eigenvalue weighted by atomic mass is 9.80. The van der Waals surface area contributed by atoms with Gasteiger partial charge in [-0.15, -0.1) is 0 Å². The van der Waals surface area contributed by atoms with Crippen LogP contribution in [0.25, 0.3) is 0 Å². The molecule has 0 bridgehead atoms. The summed E-state index contributed by atoms with van der Waals surface area (Å²) in [6.07, 6.45) is 1.57. The molecule has 0 saturated carbocycles. The second kappa shape index (κ2) is 8.80. The Morgan fingerprint density at radius 1 is 0.828 bits per heavy atom. The van der Waals surface area contributed by atoms with Gasteiger partial charge in [-0.2, -0.15) is 0 Å². The van der Waals surface area contributed by atoms with E-state index in [4.69, 9.17) is 9.47 Å². The molecule has 29 heavy (non-hydrogen) atoms. The molecule has 5 heteroatoms. The first-order chi connectivity index (χ1) is 14.0. The highest BCUT2D eigenvalue weighted by Gasteiger charge is 2.42. The second-order valence-corrected chi connectivity index (χ2v) is 6.68. The molecule has 3 aromatic carbocycles. The molecular weight excluding hydrogens is 366 g/mol. The Kier molecular flexibility index (Phi) is 6.20. The van der Waals surface area contributed by atoms with E-state index in [9.17, 15) is 10.2 Å². The summed E-state index contributed by atoms with van der Waals surface area (Å²) in [6, 6.07) is 20.9. The minimum absolute atomic E-state index is 0.126. The zero-order valence-electron chi connectivity index (χ0n) is 16.7. The Balaban J connectivity index is 2.16. The van der Waals surface area contributed by atoms with E-state index in [1.165, 1.54) is 0 Å². The highest BCUT2D eigenvalue weighted by Crippen LogP contribution is 2.43. The van der Waals surface area contributed by atoms with Gasteiger partial charge in [0, 0.05) is 22.9 Å². The van der Waals surface area contributed by atoms with E-state index in [1.54, 1.807) is 50.8 Å². The molecule has 0 aromatic heterocycles. The molecule has 0 amide bonds. The lowest BCUT2D eigenvalue weighted by molar-refractivity contribution is 0.0538. The van der Waals surface area contributed by atoms with Crippen molar-refractivity contribution in [2.24, 2.45) is 4.99 Å². The summed E-state index contributed by atoms with van der Waals surface area (Å²) < 4.78 is 11.1. The van der Waals surface area contributed by atoms with Gasteiger partial charge in [-0.3, -0.25) is 4.99 Å². The zero-order valence-corrected chi connectivity index (χ0v) is 16.7. The largest absolute Gasteiger partial charge is 0.507 e. The van der Waals surface area contributed by atoms with E-state index >= 15 is 0 Å². The molecule has 0 heterocycles. The summed E-state index contributed by atoms with van der Waals surface area (Å²) in [5.41, 5.74) is 0.199. The van der Waals surface area contributed by atoms with Gasteiger partial charge < -0.3 is 19.7 Å². The van der Waals surface area contributed by atoms with Gasteiger partial charge in [-0.25, -0.2) is 0 Å². The molecule has 0 spiro atoms. The van der Waals surface area contributed by atoms with Crippen LogP contribution in [0.1, 0.15) is 23.6 Å². The topological polar surface area (TPSA) is 71.3 Å². The molecule has 3 rings (SSSR count). The third-order valence-electron chi connectivity index (χ3n) is 5.01. The van der Waals surface area contributed by atoms with Gasteiger partial charge in [0.1, 0.15) is 22.8 Å². The molecule has 5 nitrogen and oxygen atoms in total. The van der Waals surface area contributed by atoms with E-state index in [0.717, 1.165) is 0 Å². The lowest BCUT2D eigenvalue weighted by Crippen LogP contribution is -2.38. The van der Waals surface area contributed by atoms with Crippen molar-refractivity contribution in [3.05, 3.63) is 89.5 Å². The van der Waals surface area contributed by atoms with Crippen LogP contribution in [0.5, 0.6) is 17.2 Å². The highest BCUT2D eigenvalue weighted by molar-refractivity contribution is 5.83. The second-order valence-electron chi connectivity index (χ2n) is 6.68. The average molecular weight is 391 g/mol. The number of phenolic OH excluding ortho intramolecular Hbond substituents is 1. The Labute approximate surface area is 170 Å². The van der Waals surface area contributed by atoms with Crippen LogP contribution < -0.4 is 9.47 Å². The van der Waals surface area contributed by atoms with Gasteiger partial charge >= 0.3 is 0 Å². The fourth-order valence-electron chi connectivity index (χ4n) is 3.41. The normalized spacial score (nSPS) is 12.7. The van der Waals surface area contributed by atoms with E-state index in [0.29, 0.717) is 28.2 Å². The van der Waals surface area contributed by atoms with Gasteiger partial charge in [-0.05, 0) is 31.2 Å². The predicted octanol–water partition coefficient (Wildman–Crippen LogP) is 4.15. The predicted molar refractivity (Wildman–Crippen MR) is 114 cm³/mol. The first kappa shape index (κ1) is 20.4. The SMILES string of the molecule is COc1ccccc1C(O)(c1ccccc1OC)[C@@H](C)N=Cc1ccccc1O. The maximum atomic E-state index is 12.1. The summed E-state index contributed by atoms with van der Waals surface area (Å²) in [6.45, 7) is 1.81. The van der Waals surface area contributed by atoms with Crippen molar-refractivity contribution in [1.82, 2.24) is 0 Å². The minimum Gasteiger partial charge on any atom is -0.507 e. The molecule has 0 fully saturated rings. The maximum absolute atomic E-state index is 12.1. The average Bonchev–Trinajstić information content (AvgIpc) is 2.77. The Bertz CT molecular complexity index is 952. The van der Waals surface area contributed by atoms with Crippen molar-refractivity contribution in [1.29, 1.82) is 0 Å². The quantitative estimate of drug-likeness (QED) is 0.594. The fraction of sp³-hybridized carbons (Fsp3) is 0.208. The van der Waals surface area contributed by atoms with Gasteiger partial charge in [0.25, 0.3) is 0 Å². The monoisotopic (exact) mass is 391 g/mol. The number of phenols is 1. The molecule has 0 radical (unpaired) electrons. The molecular formula is C24H25NO4. The lowest BCUT2D eigenvalue weighted by Gasteiger charge is -2.35. The molecule has 0 aliphatic heterocycles. The van der Waals surface area contributed by atoms with Gasteiger partial charge in [0.05, 0.1) is 20.3 Å². The van der Waals surface area contributed by atoms with Crippen molar-refractivity contribution in [3.63, 3.8) is 0 Å². The van der Waals surface area contributed by atoms with Crippen molar-refractivity contribution >= 4 is 6.21 Å². The van der Waals surface area contributed by atoms with Crippen LogP contribution in [0.4, 0.5) is 0 Å². The highest BCUT2D eigenvalue weighted by atomic mass is 16.5. The Morgan fingerprint density at radius 2 is 1.31 bits per heavy atom. The summed E-state index contributed by atoms with van der Waals surface area (Å²) in [7, 11) is 3.13. The van der Waals surface area contributed by atoms with Crippen molar-refractivity contribution in [2.75, 3.05) is 14.2 Å². The molecule has 0 unspecified atom stereocenters. The fourth-order valence-corrected chi connectivity index (χ4v) is 3.41. The van der Waals surface area contributed by atoms with E-state index < -0.39 is 11.6 Å². The van der Waals surface area contributed by atoms with Crippen LogP contribution >= 0.6 is 0 Å². The third kappa shape index (κ3) is 3.96. The van der Waals surface area contributed by atoms with E-state index in [1.807, 2.05) is 49.4 Å². The molecule has 0 aliphatic carbocycles. The first-order valence-electron chi connectivity index (χ1n) is 9.33. The van der Waals surface area contributed by atoms with Gasteiger partial charge in [0.2, 0.25) is 0 Å². The minimum atomic E-state index is -1.53. The van der Waals surface area contributed by atoms with Crippen LogP contribution in [-0.2, 0) is 5.60 Å². The summed E-state index contributed by atoms with van der Waals surface area (Å²) >= 11 is 0.